The van der Waals surface area contributed by atoms with Crippen LogP contribution in [0.3, 0.4) is 0 Å². The van der Waals surface area contributed by atoms with E-state index in [4.69, 9.17) is 26.3 Å². The van der Waals surface area contributed by atoms with Gasteiger partial charge < -0.3 is 9.47 Å². The topological polar surface area (TPSA) is 72.2 Å². The Labute approximate surface area is 138 Å². The summed E-state index contributed by atoms with van der Waals surface area (Å²) in [7, 11) is 0. The zero-order valence-electron chi connectivity index (χ0n) is 12.1. The highest BCUT2D eigenvalue weighted by Crippen LogP contribution is 2.13. The van der Waals surface area contributed by atoms with Gasteiger partial charge in [-0.3, -0.25) is 0 Å². The second kappa shape index (κ2) is 8.57. The van der Waals surface area contributed by atoms with E-state index in [0.29, 0.717) is 10.9 Å². The molecular formula is C17H13ClN2O3. The zero-order valence-corrected chi connectivity index (χ0v) is 12.9. The average Bonchev–Trinajstić information content (AvgIpc) is 2.58. The fraction of sp³-hybridized carbons (Fsp3) is 0.118. The quantitative estimate of drug-likeness (QED) is 0.461. The summed E-state index contributed by atoms with van der Waals surface area (Å²) in [6.07, 6.45) is 4.53. The third-order valence-electron chi connectivity index (χ3n) is 2.77. The van der Waals surface area contributed by atoms with E-state index < -0.39 is 5.97 Å². The molecule has 0 spiro atoms. The van der Waals surface area contributed by atoms with Gasteiger partial charge in [-0.1, -0.05) is 29.8 Å². The summed E-state index contributed by atoms with van der Waals surface area (Å²) in [5.74, 6) is 0.145. The minimum absolute atomic E-state index is 0.00106. The minimum Gasteiger partial charge on any atom is -0.479 e. The Morgan fingerprint density at radius 2 is 2.04 bits per heavy atom. The summed E-state index contributed by atoms with van der Waals surface area (Å²) < 4.78 is 10.2. The molecule has 5 nitrogen and oxygen atoms in total. The third kappa shape index (κ3) is 5.81. The predicted molar refractivity (Wildman–Crippen MR) is 85.6 cm³/mol. The third-order valence-corrected chi connectivity index (χ3v) is 2.99. The van der Waals surface area contributed by atoms with Gasteiger partial charge >= 0.3 is 5.97 Å². The molecule has 2 aromatic rings. The first-order valence-electron chi connectivity index (χ1n) is 6.72. The average molecular weight is 329 g/mol. The molecule has 0 bridgehead atoms. The van der Waals surface area contributed by atoms with Crippen LogP contribution in [0.15, 0.2) is 48.7 Å². The van der Waals surface area contributed by atoms with Crippen LogP contribution in [0, 0.1) is 11.3 Å². The molecule has 116 valence electrons. The second-order valence-electron chi connectivity index (χ2n) is 4.45. The SMILES string of the molecule is N#CCOc1ccc(C=CC(=O)OCc2ccc(Cl)nc2)cc1. The van der Waals surface area contributed by atoms with Gasteiger partial charge in [0.2, 0.25) is 0 Å². The molecule has 0 amide bonds. The lowest BCUT2D eigenvalue weighted by Crippen LogP contribution is -2.01. The second-order valence-corrected chi connectivity index (χ2v) is 4.83. The van der Waals surface area contributed by atoms with Crippen molar-refractivity contribution in [3.05, 3.63) is 65.0 Å². The van der Waals surface area contributed by atoms with Crippen LogP contribution >= 0.6 is 11.6 Å². The molecule has 0 saturated carbocycles. The van der Waals surface area contributed by atoms with Crippen LogP contribution in [0.2, 0.25) is 5.15 Å². The Kier molecular flexibility index (Phi) is 6.16. The van der Waals surface area contributed by atoms with Gasteiger partial charge in [-0.15, -0.1) is 0 Å². The first kappa shape index (κ1) is 16.5. The number of benzene rings is 1. The highest BCUT2D eigenvalue weighted by Gasteiger charge is 2.00. The van der Waals surface area contributed by atoms with Gasteiger partial charge in [0.25, 0.3) is 0 Å². The summed E-state index contributed by atoms with van der Waals surface area (Å²) in [4.78, 5) is 15.6. The summed E-state index contributed by atoms with van der Waals surface area (Å²) in [6, 6.07) is 12.3. The molecule has 0 fully saturated rings. The lowest BCUT2D eigenvalue weighted by molar-refractivity contribution is -0.138. The number of nitrogens with zero attached hydrogens (tertiary/aromatic N) is 2. The summed E-state index contributed by atoms with van der Waals surface area (Å²) in [5.41, 5.74) is 1.58. The molecule has 6 heteroatoms. The number of pyridine rings is 1. The number of halogens is 1. The number of hydrogen-bond acceptors (Lipinski definition) is 5. The standard InChI is InChI=1S/C17H13ClN2O3/c18-16-7-3-14(11-20-16)12-23-17(21)8-4-13-1-5-15(6-2-13)22-10-9-19/h1-8,11H,10,12H2. The maximum atomic E-state index is 11.6. The number of nitriles is 1. The Morgan fingerprint density at radius 3 is 2.70 bits per heavy atom. The first-order valence-corrected chi connectivity index (χ1v) is 7.10. The van der Waals surface area contributed by atoms with E-state index in [9.17, 15) is 4.79 Å². The van der Waals surface area contributed by atoms with Crippen molar-refractivity contribution in [2.24, 2.45) is 0 Å². The molecule has 0 aliphatic carbocycles. The van der Waals surface area contributed by atoms with E-state index in [0.717, 1.165) is 11.1 Å². The lowest BCUT2D eigenvalue weighted by atomic mass is 10.2. The van der Waals surface area contributed by atoms with E-state index in [-0.39, 0.29) is 13.2 Å². The number of ether oxygens (including phenoxy) is 2. The van der Waals surface area contributed by atoms with Gasteiger partial charge in [0.1, 0.15) is 23.6 Å². The molecule has 0 unspecified atom stereocenters. The Morgan fingerprint density at radius 1 is 1.26 bits per heavy atom. The van der Waals surface area contributed by atoms with Crippen molar-refractivity contribution < 1.29 is 14.3 Å². The normalized spacial score (nSPS) is 10.3. The molecule has 0 atom stereocenters. The minimum atomic E-state index is -0.454. The first-order chi connectivity index (χ1) is 11.2. The maximum absolute atomic E-state index is 11.6. The molecule has 0 aliphatic rings. The molecule has 0 aliphatic heterocycles. The predicted octanol–water partition coefficient (Wildman–Crippen LogP) is 3.39. The van der Waals surface area contributed by atoms with E-state index >= 15 is 0 Å². The fourth-order valence-electron chi connectivity index (χ4n) is 1.65. The molecule has 1 heterocycles. The maximum Gasteiger partial charge on any atom is 0.331 e. The van der Waals surface area contributed by atoms with Gasteiger partial charge in [-0.25, -0.2) is 9.78 Å². The van der Waals surface area contributed by atoms with Crippen LogP contribution in [-0.2, 0) is 16.1 Å². The Hall–Kier alpha value is -2.84. The largest absolute Gasteiger partial charge is 0.479 e. The monoisotopic (exact) mass is 328 g/mol. The van der Waals surface area contributed by atoms with Gasteiger partial charge in [0.05, 0.1) is 0 Å². The number of rotatable bonds is 6. The van der Waals surface area contributed by atoms with Crippen LogP contribution in [0.4, 0.5) is 0 Å². The van der Waals surface area contributed by atoms with Gasteiger partial charge in [0, 0.05) is 17.8 Å². The van der Waals surface area contributed by atoms with Crippen molar-refractivity contribution in [2.45, 2.75) is 6.61 Å². The molecule has 0 N–H and O–H groups in total. The van der Waals surface area contributed by atoms with Gasteiger partial charge in [-0.05, 0) is 29.8 Å². The van der Waals surface area contributed by atoms with Crippen LogP contribution in [0.1, 0.15) is 11.1 Å². The van der Waals surface area contributed by atoms with Crippen molar-refractivity contribution in [2.75, 3.05) is 6.61 Å². The number of aromatic nitrogens is 1. The van der Waals surface area contributed by atoms with Crippen molar-refractivity contribution >= 4 is 23.6 Å². The molecular weight excluding hydrogens is 316 g/mol. The molecule has 1 aromatic carbocycles. The summed E-state index contributed by atoms with van der Waals surface area (Å²) in [5, 5.41) is 8.82. The van der Waals surface area contributed by atoms with Crippen molar-refractivity contribution in [1.82, 2.24) is 4.98 Å². The number of esters is 1. The van der Waals surface area contributed by atoms with Crippen LogP contribution in [0.5, 0.6) is 5.75 Å². The van der Waals surface area contributed by atoms with E-state index in [1.807, 2.05) is 6.07 Å². The molecule has 0 radical (unpaired) electrons. The molecule has 23 heavy (non-hydrogen) atoms. The summed E-state index contributed by atoms with van der Waals surface area (Å²) in [6.45, 7) is 0.134. The van der Waals surface area contributed by atoms with E-state index in [1.54, 1.807) is 48.7 Å². The molecule has 0 saturated heterocycles. The van der Waals surface area contributed by atoms with Gasteiger partial charge in [-0.2, -0.15) is 5.26 Å². The molecule has 2 rings (SSSR count). The smallest absolute Gasteiger partial charge is 0.331 e. The number of hydrogen-bond donors (Lipinski definition) is 0. The Balaban J connectivity index is 1.83. The van der Waals surface area contributed by atoms with Crippen LogP contribution < -0.4 is 4.74 Å². The van der Waals surface area contributed by atoms with Crippen LogP contribution in [0.25, 0.3) is 6.08 Å². The van der Waals surface area contributed by atoms with E-state index in [1.165, 1.54) is 6.08 Å². The van der Waals surface area contributed by atoms with Crippen LogP contribution in [-0.4, -0.2) is 17.6 Å². The number of carbonyl (C=O) groups excluding carboxylic acids is 1. The Bertz CT molecular complexity index is 719. The van der Waals surface area contributed by atoms with Crippen molar-refractivity contribution in [3.63, 3.8) is 0 Å². The molecule has 1 aromatic heterocycles. The zero-order chi connectivity index (χ0) is 16.5. The van der Waals surface area contributed by atoms with Gasteiger partial charge in [0.15, 0.2) is 6.61 Å². The fourth-order valence-corrected chi connectivity index (χ4v) is 1.76. The highest BCUT2D eigenvalue weighted by molar-refractivity contribution is 6.29. The van der Waals surface area contributed by atoms with Crippen molar-refractivity contribution in [1.29, 1.82) is 5.26 Å². The number of carbonyl (C=O) groups is 1. The summed E-state index contributed by atoms with van der Waals surface area (Å²) >= 11 is 5.68. The van der Waals surface area contributed by atoms with Crippen molar-refractivity contribution in [3.8, 4) is 11.8 Å². The highest BCUT2D eigenvalue weighted by atomic mass is 35.5. The van der Waals surface area contributed by atoms with E-state index in [2.05, 4.69) is 4.98 Å². The lowest BCUT2D eigenvalue weighted by Gasteiger charge is -2.02.